The van der Waals surface area contributed by atoms with Crippen molar-refractivity contribution in [3.63, 3.8) is 0 Å². The van der Waals surface area contributed by atoms with Crippen LogP contribution in [0.15, 0.2) is 30.7 Å². The van der Waals surface area contributed by atoms with Crippen molar-refractivity contribution >= 4 is 11.2 Å². The minimum atomic E-state index is 0.493. The number of aromatic amines is 1. The standard InChI is InChI=1S/C14H16N6/c1-2-12-14(16-5-1)19-13(18-12)10-8-17-20(9-10)11-3-6-15-7-4-11/h1-2,5,8-9,11,15H,3-4,6-7H2,(H,16,18,19). The zero-order chi connectivity index (χ0) is 13.4. The topological polar surface area (TPSA) is 71.4 Å². The average molecular weight is 268 g/mol. The van der Waals surface area contributed by atoms with E-state index in [1.807, 2.05) is 18.3 Å². The Hall–Kier alpha value is -2.21. The van der Waals surface area contributed by atoms with E-state index in [4.69, 9.17) is 0 Å². The Balaban J connectivity index is 1.66. The van der Waals surface area contributed by atoms with Gasteiger partial charge in [-0.1, -0.05) is 0 Å². The van der Waals surface area contributed by atoms with E-state index in [2.05, 4.69) is 36.2 Å². The maximum atomic E-state index is 4.51. The number of aromatic nitrogens is 5. The van der Waals surface area contributed by atoms with Crippen molar-refractivity contribution in [1.29, 1.82) is 0 Å². The van der Waals surface area contributed by atoms with E-state index in [-0.39, 0.29) is 0 Å². The summed E-state index contributed by atoms with van der Waals surface area (Å²) < 4.78 is 2.07. The van der Waals surface area contributed by atoms with Crippen LogP contribution in [-0.4, -0.2) is 37.8 Å². The molecule has 0 aromatic carbocycles. The van der Waals surface area contributed by atoms with Gasteiger partial charge in [-0.2, -0.15) is 5.10 Å². The molecule has 4 rings (SSSR count). The van der Waals surface area contributed by atoms with E-state index in [1.165, 1.54) is 0 Å². The highest BCUT2D eigenvalue weighted by atomic mass is 15.3. The third-order valence-electron chi connectivity index (χ3n) is 3.82. The predicted octanol–water partition coefficient (Wildman–Crippen LogP) is 1.75. The van der Waals surface area contributed by atoms with Crippen LogP contribution in [0.1, 0.15) is 18.9 Å². The first-order chi connectivity index (χ1) is 9.90. The Morgan fingerprint density at radius 3 is 3.00 bits per heavy atom. The first-order valence-electron chi connectivity index (χ1n) is 6.96. The van der Waals surface area contributed by atoms with Crippen molar-refractivity contribution in [3.05, 3.63) is 30.7 Å². The molecule has 0 aliphatic carbocycles. The van der Waals surface area contributed by atoms with E-state index in [1.54, 1.807) is 6.20 Å². The molecule has 1 saturated heterocycles. The summed E-state index contributed by atoms with van der Waals surface area (Å²) in [4.78, 5) is 12.0. The molecular formula is C14H16N6. The van der Waals surface area contributed by atoms with Gasteiger partial charge in [0.05, 0.1) is 23.3 Å². The molecule has 3 aromatic heterocycles. The van der Waals surface area contributed by atoms with E-state index in [0.29, 0.717) is 6.04 Å². The fourth-order valence-corrected chi connectivity index (χ4v) is 2.71. The van der Waals surface area contributed by atoms with Gasteiger partial charge in [0.25, 0.3) is 0 Å². The molecule has 20 heavy (non-hydrogen) atoms. The summed E-state index contributed by atoms with van der Waals surface area (Å²) in [7, 11) is 0. The highest BCUT2D eigenvalue weighted by molar-refractivity contribution is 5.75. The lowest BCUT2D eigenvalue weighted by Gasteiger charge is -2.22. The van der Waals surface area contributed by atoms with Crippen LogP contribution in [0.25, 0.3) is 22.6 Å². The van der Waals surface area contributed by atoms with Gasteiger partial charge in [0.1, 0.15) is 5.82 Å². The summed E-state index contributed by atoms with van der Waals surface area (Å²) in [6, 6.07) is 4.38. The number of fused-ring (bicyclic) bond motifs is 1. The molecular weight excluding hydrogens is 252 g/mol. The van der Waals surface area contributed by atoms with Gasteiger partial charge in [-0.15, -0.1) is 0 Å². The van der Waals surface area contributed by atoms with Crippen LogP contribution in [0.3, 0.4) is 0 Å². The summed E-state index contributed by atoms with van der Waals surface area (Å²) >= 11 is 0. The lowest BCUT2D eigenvalue weighted by Crippen LogP contribution is -2.29. The molecule has 6 nitrogen and oxygen atoms in total. The first-order valence-corrected chi connectivity index (χ1v) is 6.96. The Morgan fingerprint density at radius 2 is 2.15 bits per heavy atom. The van der Waals surface area contributed by atoms with E-state index < -0.39 is 0 Å². The normalized spacial score (nSPS) is 16.8. The second-order valence-electron chi connectivity index (χ2n) is 5.15. The highest BCUT2D eigenvalue weighted by Gasteiger charge is 2.16. The Kier molecular flexibility index (Phi) is 2.74. The van der Waals surface area contributed by atoms with Gasteiger partial charge in [0, 0.05) is 12.4 Å². The molecule has 0 atom stereocenters. The van der Waals surface area contributed by atoms with Crippen molar-refractivity contribution < 1.29 is 0 Å². The van der Waals surface area contributed by atoms with Gasteiger partial charge in [0.2, 0.25) is 0 Å². The lowest BCUT2D eigenvalue weighted by atomic mass is 10.1. The molecule has 0 spiro atoms. The molecule has 4 heterocycles. The van der Waals surface area contributed by atoms with Gasteiger partial charge < -0.3 is 10.3 Å². The van der Waals surface area contributed by atoms with Crippen molar-refractivity contribution in [3.8, 4) is 11.4 Å². The molecule has 1 aliphatic rings. The fraction of sp³-hybridized carbons (Fsp3) is 0.357. The maximum absolute atomic E-state index is 4.51. The molecule has 0 unspecified atom stereocenters. The number of piperidine rings is 1. The monoisotopic (exact) mass is 268 g/mol. The number of nitrogens with one attached hydrogen (secondary N) is 2. The minimum absolute atomic E-state index is 0.493. The van der Waals surface area contributed by atoms with Crippen LogP contribution in [0.5, 0.6) is 0 Å². The van der Waals surface area contributed by atoms with E-state index in [9.17, 15) is 0 Å². The maximum Gasteiger partial charge on any atom is 0.178 e. The third-order valence-corrected chi connectivity index (χ3v) is 3.82. The number of H-pyrrole nitrogens is 1. The zero-order valence-corrected chi connectivity index (χ0v) is 11.1. The molecule has 1 fully saturated rings. The number of imidazole rings is 1. The Labute approximate surface area is 116 Å². The van der Waals surface area contributed by atoms with Gasteiger partial charge in [-0.05, 0) is 38.1 Å². The Morgan fingerprint density at radius 1 is 1.25 bits per heavy atom. The quantitative estimate of drug-likeness (QED) is 0.742. The van der Waals surface area contributed by atoms with Gasteiger partial charge in [-0.3, -0.25) is 4.68 Å². The van der Waals surface area contributed by atoms with Crippen LogP contribution >= 0.6 is 0 Å². The molecule has 1 aliphatic heterocycles. The Bertz CT molecular complexity index is 689. The number of hydrogen-bond acceptors (Lipinski definition) is 4. The van der Waals surface area contributed by atoms with Crippen molar-refractivity contribution in [1.82, 2.24) is 30.0 Å². The third kappa shape index (κ3) is 1.98. The highest BCUT2D eigenvalue weighted by Crippen LogP contribution is 2.23. The van der Waals surface area contributed by atoms with Crippen LogP contribution in [0.2, 0.25) is 0 Å². The van der Waals surface area contributed by atoms with Crippen molar-refractivity contribution in [2.45, 2.75) is 18.9 Å². The second kappa shape index (κ2) is 4.72. The number of pyridine rings is 1. The molecule has 0 amide bonds. The second-order valence-corrected chi connectivity index (χ2v) is 5.15. The van der Waals surface area contributed by atoms with Crippen LogP contribution < -0.4 is 5.32 Å². The zero-order valence-electron chi connectivity index (χ0n) is 11.1. The number of hydrogen-bond donors (Lipinski definition) is 2. The predicted molar refractivity (Wildman–Crippen MR) is 76.3 cm³/mol. The van der Waals surface area contributed by atoms with Crippen LogP contribution in [0.4, 0.5) is 0 Å². The van der Waals surface area contributed by atoms with Crippen molar-refractivity contribution in [2.24, 2.45) is 0 Å². The summed E-state index contributed by atoms with van der Waals surface area (Å²) in [5, 5.41) is 7.87. The minimum Gasteiger partial charge on any atom is -0.336 e. The molecule has 0 saturated carbocycles. The largest absolute Gasteiger partial charge is 0.336 e. The van der Waals surface area contributed by atoms with Gasteiger partial charge >= 0.3 is 0 Å². The van der Waals surface area contributed by atoms with Crippen molar-refractivity contribution in [2.75, 3.05) is 13.1 Å². The molecule has 3 aromatic rings. The molecule has 2 N–H and O–H groups in total. The summed E-state index contributed by atoms with van der Waals surface area (Å²) in [6.45, 7) is 2.13. The fourth-order valence-electron chi connectivity index (χ4n) is 2.71. The summed E-state index contributed by atoms with van der Waals surface area (Å²) in [5.74, 6) is 0.832. The molecule has 0 bridgehead atoms. The molecule has 6 heteroatoms. The first kappa shape index (κ1) is 11.6. The van der Waals surface area contributed by atoms with E-state index in [0.717, 1.165) is 48.5 Å². The summed E-state index contributed by atoms with van der Waals surface area (Å²) in [6.07, 6.45) is 7.96. The van der Waals surface area contributed by atoms with E-state index >= 15 is 0 Å². The van der Waals surface area contributed by atoms with Gasteiger partial charge in [0.15, 0.2) is 5.65 Å². The van der Waals surface area contributed by atoms with Crippen LogP contribution in [-0.2, 0) is 0 Å². The lowest BCUT2D eigenvalue weighted by molar-refractivity contribution is 0.343. The summed E-state index contributed by atoms with van der Waals surface area (Å²) in [5.41, 5.74) is 2.72. The SMILES string of the molecule is c1cnc2nc(-c3cnn(C4CCNCC4)c3)[nH]c2c1. The van der Waals surface area contributed by atoms with Gasteiger partial charge in [-0.25, -0.2) is 9.97 Å². The average Bonchev–Trinajstić information content (AvgIpc) is 3.14. The molecule has 0 radical (unpaired) electrons. The number of nitrogens with zero attached hydrogens (tertiary/aromatic N) is 4. The smallest absolute Gasteiger partial charge is 0.178 e. The number of rotatable bonds is 2. The molecule has 102 valence electrons. The van der Waals surface area contributed by atoms with Crippen LogP contribution in [0, 0.1) is 0 Å².